The van der Waals surface area contributed by atoms with Crippen molar-refractivity contribution in [2.75, 3.05) is 26.3 Å². The minimum absolute atomic E-state index is 0.590. The van der Waals surface area contributed by atoms with Gasteiger partial charge in [0.25, 0.3) is 0 Å². The molecule has 2 saturated heterocycles. The minimum atomic E-state index is -2.27. The van der Waals surface area contributed by atoms with Crippen LogP contribution < -0.4 is 5.32 Å². The summed E-state index contributed by atoms with van der Waals surface area (Å²) in [7, 11) is 0. The number of benzene rings is 1. The molecule has 1 aromatic rings. The van der Waals surface area contributed by atoms with Crippen LogP contribution in [-0.2, 0) is 20.9 Å². The first-order valence-corrected chi connectivity index (χ1v) is 11.3. The van der Waals surface area contributed by atoms with Crippen LogP contribution in [0.5, 0.6) is 0 Å². The summed E-state index contributed by atoms with van der Waals surface area (Å²) in [4.78, 5) is 22.2. The molecule has 2 aliphatic heterocycles. The van der Waals surface area contributed by atoms with Crippen molar-refractivity contribution in [2.45, 2.75) is 56.5 Å². The predicted octanol–water partition coefficient (Wildman–Crippen LogP) is 1.60. The Morgan fingerprint density at radius 2 is 1.53 bits per heavy atom. The average molecular weight is 493 g/mol. The molecule has 11 heteroatoms. The van der Waals surface area contributed by atoms with Gasteiger partial charge in [0.15, 0.2) is 12.2 Å². The third-order valence-electron chi connectivity index (χ3n) is 5.63. The fourth-order valence-corrected chi connectivity index (χ4v) is 4.23. The molecule has 2 fully saturated rings. The van der Waals surface area contributed by atoms with Gasteiger partial charge in [0.1, 0.15) is 0 Å². The second-order valence-corrected chi connectivity index (χ2v) is 8.56. The van der Waals surface area contributed by atoms with E-state index in [1.807, 2.05) is 12.1 Å². The third kappa shape index (κ3) is 7.84. The Balaban J connectivity index is 0.000000309. The summed E-state index contributed by atoms with van der Waals surface area (Å²) in [5, 5.41) is 37.3. The lowest BCUT2D eigenvalue weighted by molar-refractivity contribution is -0.165. The summed E-state index contributed by atoms with van der Waals surface area (Å²) in [6.45, 7) is 4.83. The molecule has 5 N–H and O–H groups in total. The van der Waals surface area contributed by atoms with Gasteiger partial charge in [-0.25, -0.2) is 9.59 Å². The number of rotatable bonds is 7. The topological polar surface area (TPSA) is 140 Å². The van der Waals surface area contributed by atoms with E-state index in [0.29, 0.717) is 22.1 Å². The maximum Gasteiger partial charge on any atom is 0.335 e. The molecule has 3 rings (SSSR count). The molecule has 180 valence electrons. The Bertz CT molecular complexity index is 720. The highest BCUT2D eigenvalue weighted by molar-refractivity contribution is 6.42. The van der Waals surface area contributed by atoms with Crippen molar-refractivity contribution < 1.29 is 34.8 Å². The van der Waals surface area contributed by atoms with E-state index in [4.69, 9.17) is 48.4 Å². The zero-order valence-corrected chi connectivity index (χ0v) is 19.1. The van der Waals surface area contributed by atoms with Crippen molar-refractivity contribution in [1.82, 2.24) is 10.2 Å². The van der Waals surface area contributed by atoms with Gasteiger partial charge in [-0.15, -0.1) is 0 Å². The first-order valence-electron chi connectivity index (χ1n) is 10.5. The van der Waals surface area contributed by atoms with Gasteiger partial charge in [0.2, 0.25) is 0 Å². The Hall–Kier alpha value is -1.46. The molecule has 0 saturated carbocycles. The Morgan fingerprint density at radius 1 is 1.00 bits per heavy atom. The van der Waals surface area contributed by atoms with E-state index >= 15 is 0 Å². The number of piperidine rings is 1. The normalized spacial score (nSPS) is 19.7. The molecule has 9 nitrogen and oxygen atoms in total. The number of carboxylic acid groups (broad SMARTS) is 2. The second kappa shape index (κ2) is 13.3. The van der Waals surface area contributed by atoms with E-state index in [0.717, 1.165) is 51.3 Å². The van der Waals surface area contributed by atoms with Crippen LogP contribution in [0.15, 0.2) is 18.2 Å². The summed E-state index contributed by atoms with van der Waals surface area (Å²) in [5.74, 6) is -3.54. The second-order valence-electron chi connectivity index (χ2n) is 7.78. The van der Waals surface area contributed by atoms with Crippen LogP contribution in [0.2, 0.25) is 10.0 Å². The lowest BCUT2D eigenvalue weighted by Crippen LogP contribution is -2.49. The van der Waals surface area contributed by atoms with Crippen LogP contribution in [0.1, 0.15) is 31.2 Å². The first kappa shape index (κ1) is 26.8. The number of aliphatic carboxylic acids is 2. The SMILES string of the molecule is Clc1cccc(CN(C2CCNCC2)C2CCOCC2)c1Cl.O=C(O)[C@H](O)[C@@H](O)C(=O)O. The highest BCUT2D eigenvalue weighted by Crippen LogP contribution is 2.30. The highest BCUT2D eigenvalue weighted by Gasteiger charge is 2.30. The lowest BCUT2D eigenvalue weighted by Gasteiger charge is -2.42. The Morgan fingerprint density at radius 3 is 2.06 bits per heavy atom. The maximum atomic E-state index is 9.77. The molecule has 0 bridgehead atoms. The van der Waals surface area contributed by atoms with Crippen LogP contribution in [-0.4, -0.2) is 87.9 Å². The van der Waals surface area contributed by atoms with Crippen molar-refractivity contribution in [3.8, 4) is 0 Å². The van der Waals surface area contributed by atoms with E-state index in [-0.39, 0.29) is 0 Å². The predicted molar refractivity (Wildman–Crippen MR) is 119 cm³/mol. The minimum Gasteiger partial charge on any atom is -0.479 e. The quantitative estimate of drug-likeness (QED) is 0.383. The number of halogens is 2. The fraction of sp³-hybridized carbons (Fsp3) is 0.619. The molecule has 0 radical (unpaired) electrons. The van der Waals surface area contributed by atoms with Crippen LogP contribution in [0.25, 0.3) is 0 Å². The van der Waals surface area contributed by atoms with Gasteiger partial charge in [0, 0.05) is 31.8 Å². The first-order chi connectivity index (χ1) is 15.2. The van der Waals surface area contributed by atoms with Crippen molar-refractivity contribution in [2.24, 2.45) is 0 Å². The molecule has 0 spiro atoms. The van der Waals surface area contributed by atoms with Crippen LogP contribution in [0.3, 0.4) is 0 Å². The van der Waals surface area contributed by atoms with Gasteiger partial charge in [-0.05, 0) is 50.4 Å². The van der Waals surface area contributed by atoms with Crippen molar-refractivity contribution in [1.29, 1.82) is 0 Å². The number of carbonyl (C=O) groups is 2. The summed E-state index contributed by atoms with van der Waals surface area (Å²) < 4.78 is 5.54. The molecule has 2 aliphatic rings. The molecule has 2 heterocycles. The van der Waals surface area contributed by atoms with E-state index in [1.165, 1.54) is 12.8 Å². The summed E-state index contributed by atoms with van der Waals surface area (Å²) in [5.41, 5.74) is 1.14. The van der Waals surface area contributed by atoms with E-state index in [2.05, 4.69) is 16.3 Å². The van der Waals surface area contributed by atoms with Crippen molar-refractivity contribution in [3.05, 3.63) is 33.8 Å². The Labute approximate surface area is 196 Å². The largest absolute Gasteiger partial charge is 0.479 e. The summed E-state index contributed by atoms with van der Waals surface area (Å²) in [6.07, 6.45) is 0.102. The van der Waals surface area contributed by atoms with Crippen molar-refractivity contribution in [3.63, 3.8) is 0 Å². The maximum absolute atomic E-state index is 9.77. The molecule has 1 aromatic carbocycles. The molecule has 2 atom stereocenters. The molecular formula is C21H30Cl2N2O7. The van der Waals surface area contributed by atoms with E-state index < -0.39 is 24.1 Å². The molecule has 32 heavy (non-hydrogen) atoms. The standard InChI is InChI=1S/C17H24Cl2N2O.C4H6O6/c18-16-3-1-2-13(17(16)19)12-21(14-4-8-20-9-5-14)15-6-10-22-11-7-15;5-1(3(7)8)2(6)4(9)10/h1-3,14-15,20H,4-12H2;1-2,5-6H,(H,7,8)(H,9,10)/t;1-,2-/m.1/s1. The number of aliphatic hydroxyl groups is 2. The molecular weight excluding hydrogens is 463 g/mol. The number of ether oxygens (including phenoxy) is 1. The number of carboxylic acids is 2. The zero-order chi connectivity index (χ0) is 23.7. The molecule has 0 aromatic heterocycles. The van der Waals surface area contributed by atoms with Gasteiger partial charge in [0.05, 0.1) is 10.0 Å². The van der Waals surface area contributed by atoms with Crippen LogP contribution >= 0.6 is 23.2 Å². The summed E-state index contributed by atoms with van der Waals surface area (Å²) >= 11 is 12.6. The number of hydrogen-bond acceptors (Lipinski definition) is 7. The van der Waals surface area contributed by atoms with E-state index in [9.17, 15) is 9.59 Å². The van der Waals surface area contributed by atoms with Gasteiger partial charge < -0.3 is 30.5 Å². The third-order valence-corrected chi connectivity index (χ3v) is 6.49. The molecule has 0 unspecified atom stereocenters. The average Bonchev–Trinajstić information content (AvgIpc) is 2.80. The molecule has 0 aliphatic carbocycles. The van der Waals surface area contributed by atoms with Gasteiger partial charge >= 0.3 is 11.9 Å². The highest BCUT2D eigenvalue weighted by atomic mass is 35.5. The smallest absolute Gasteiger partial charge is 0.335 e. The number of hydrogen-bond donors (Lipinski definition) is 5. The van der Waals surface area contributed by atoms with Gasteiger partial charge in [-0.2, -0.15) is 0 Å². The van der Waals surface area contributed by atoms with Crippen LogP contribution in [0.4, 0.5) is 0 Å². The van der Waals surface area contributed by atoms with E-state index in [1.54, 1.807) is 0 Å². The Kier molecular flexibility index (Phi) is 11.1. The van der Waals surface area contributed by atoms with Gasteiger partial charge in [-0.1, -0.05) is 35.3 Å². The fourth-order valence-electron chi connectivity index (χ4n) is 3.85. The number of nitrogens with zero attached hydrogens (tertiary/aromatic N) is 1. The zero-order valence-electron chi connectivity index (χ0n) is 17.6. The van der Waals surface area contributed by atoms with Gasteiger partial charge in [-0.3, -0.25) is 4.90 Å². The summed E-state index contributed by atoms with van der Waals surface area (Å²) in [6, 6.07) is 7.17. The number of aliphatic hydroxyl groups excluding tert-OH is 2. The van der Waals surface area contributed by atoms with Crippen LogP contribution in [0, 0.1) is 0 Å². The molecule has 0 amide bonds. The lowest BCUT2D eigenvalue weighted by atomic mass is 9.97. The monoisotopic (exact) mass is 492 g/mol. The number of nitrogens with one attached hydrogen (secondary N) is 1. The van der Waals surface area contributed by atoms with Crippen molar-refractivity contribution >= 4 is 35.1 Å².